The number of anilines is 1. The lowest BCUT2D eigenvalue weighted by molar-refractivity contribution is 0.317. The Kier molecular flexibility index (Phi) is 4.51. The van der Waals surface area contributed by atoms with Crippen molar-refractivity contribution < 1.29 is 4.74 Å². The molecule has 0 bridgehead atoms. The standard InChI is InChI=1S/C13H19ClN2O/c1-2-9-17-13-10-11(3-4-12(13)14)16-7-5-15-6-8-16/h3-4,10,15H,2,5-9H2,1H3. The Morgan fingerprint density at radius 3 is 2.82 bits per heavy atom. The average molecular weight is 255 g/mol. The molecule has 1 aromatic rings. The minimum Gasteiger partial charge on any atom is -0.492 e. The topological polar surface area (TPSA) is 24.5 Å². The SMILES string of the molecule is CCCOc1cc(N2CCNCC2)ccc1Cl. The summed E-state index contributed by atoms with van der Waals surface area (Å²) in [5.41, 5.74) is 1.20. The zero-order valence-corrected chi connectivity index (χ0v) is 11.0. The van der Waals surface area contributed by atoms with Gasteiger partial charge in [0.05, 0.1) is 11.6 Å². The molecule has 1 heterocycles. The molecule has 1 saturated heterocycles. The van der Waals surface area contributed by atoms with Gasteiger partial charge in [-0.3, -0.25) is 0 Å². The van der Waals surface area contributed by atoms with Crippen molar-refractivity contribution >= 4 is 17.3 Å². The molecule has 4 heteroatoms. The summed E-state index contributed by atoms with van der Waals surface area (Å²) in [6, 6.07) is 6.03. The fraction of sp³-hybridized carbons (Fsp3) is 0.538. The van der Waals surface area contributed by atoms with Crippen LogP contribution in [0.2, 0.25) is 5.02 Å². The van der Waals surface area contributed by atoms with Crippen LogP contribution in [0, 0.1) is 0 Å². The van der Waals surface area contributed by atoms with Crippen molar-refractivity contribution in [3.05, 3.63) is 23.2 Å². The van der Waals surface area contributed by atoms with E-state index >= 15 is 0 Å². The van der Waals surface area contributed by atoms with Crippen LogP contribution >= 0.6 is 11.6 Å². The molecule has 0 amide bonds. The highest BCUT2D eigenvalue weighted by molar-refractivity contribution is 6.32. The lowest BCUT2D eigenvalue weighted by atomic mass is 10.2. The predicted octanol–water partition coefficient (Wildman–Crippen LogP) is 2.54. The molecule has 0 aliphatic carbocycles. The molecule has 0 unspecified atom stereocenters. The first kappa shape index (κ1) is 12.5. The Bertz CT molecular complexity index is 364. The van der Waals surface area contributed by atoms with Gasteiger partial charge < -0.3 is 15.0 Å². The number of hydrogen-bond donors (Lipinski definition) is 1. The molecular formula is C13H19ClN2O. The third kappa shape index (κ3) is 3.27. The molecule has 1 fully saturated rings. The first-order chi connectivity index (χ1) is 8.31. The number of nitrogens with one attached hydrogen (secondary N) is 1. The largest absolute Gasteiger partial charge is 0.492 e. The van der Waals surface area contributed by atoms with E-state index < -0.39 is 0 Å². The third-order valence-corrected chi connectivity index (χ3v) is 3.17. The van der Waals surface area contributed by atoms with Gasteiger partial charge >= 0.3 is 0 Å². The fourth-order valence-electron chi connectivity index (χ4n) is 1.93. The maximum atomic E-state index is 6.12. The Balaban J connectivity index is 2.11. The number of halogens is 1. The van der Waals surface area contributed by atoms with Gasteiger partial charge in [0.25, 0.3) is 0 Å². The van der Waals surface area contributed by atoms with Crippen LogP contribution in [0.4, 0.5) is 5.69 Å². The van der Waals surface area contributed by atoms with E-state index in [0.717, 1.165) is 38.3 Å². The summed E-state index contributed by atoms with van der Waals surface area (Å²) in [5, 5.41) is 4.04. The van der Waals surface area contributed by atoms with Crippen molar-refractivity contribution in [2.45, 2.75) is 13.3 Å². The van der Waals surface area contributed by atoms with E-state index in [1.165, 1.54) is 5.69 Å². The first-order valence-corrected chi connectivity index (χ1v) is 6.57. The number of rotatable bonds is 4. The lowest BCUT2D eigenvalue weighted by Crippen LogP contribution is -2.43. The van der Waals surface area contributed by atoms with Gasteiger partial charge in [0.1, 0.15) is 5.75 Å². The minimum absolute atomic E-state index is 0.692. The van der Waals surface area contributed by atoms with Crippen LogP contribution in [0.1, 0.15) is 13.3 Å². The van der Waals surface area contributed by atoms with Crippen LogP contribution in [-0.4, -0.2) is 32.8 Å². The smallest absolute Gasteiger partial charge is 0.139 e. The van der Waals surface area contributed by atoms with E-state index in [9.17, 15) is 0 Å². The molecule has 1 aromatic carbocycles. The number of piperazine rings is 1. The van der Waals surface area contributed by atoms with Gasteiger partial charge in [-0.1, -0.05) is 18.5 Å². The average Bonchev–Trinajstić information content (AvgIpc) is 2.39. The second kappa shape index (κ2) is 6.12. The zero-order valence-electron chi connectivity index (χ0n) is 10.2. The molecular weight excluding hydrogens is 236 g/mol. The summed E-state index contributed by atoms with van der Waals surface area (Å²) in [5.74, 6) is 0.796. The van der Waals surface area contributed by atoms with Gasteiger partial charge in [-0.15, -0.1) is 0 Å². The quantitative estimate of drug-likeness (QED) is 0.894. The summed E-state index contributed by atoms with van der Waals surface area (Å²) in [6.45, 7) is 6.95. The monoisotopic (exact) mass is 254 g/mol. The molecule has 3 nitrogen and oxygen atoms in total. The number of nitrogens with zero attached hydrogens (tertiary/aromatic N) is 1. The van der Waals surface area contributed by atoms with E-state index in [0.29, 0.717) is 11.6 Å². The molecule has 0 radical (unpaired) electrons. The molecule has 2 rings (SSSR count). The van der Waals surface area contributed by atoms with Gasteiger partial charge in [0, 0.05) is 37.9 Å². The van der Waals surface area contributed by atoms with Crippen LogP contribution in [0.5, 0.6) is 5.75 Å². The van der Waals surface area contributed by atoms with Crippen molar-refractivity contribution in [3.63, 3.8) is 0 Å². The Morgan fingerprint density at radius 2 is 2.12 bits per heavy atom. The Morgan fingerprint density at radius 1 is 1.35 bits per heavy atom. The maximum Gasteiger partial charge on any atom is 0.139 e. The van der Waals surface area contributed by atoms with Crippen LogP contribution < -0.4 is 15.0 Å². The van der Waals surface area contributed by atoms with Gasteiger partial charge in [-0.2, -0.15) is 0 Å². The van der Waals surface area contributed by atoms with E-state index in [4.69, 9.17) is 16.3 Å². The van der Waals surface area contributed by atoms with Crippen LogP contribution in [0.15, 0.2) is 18.2 Å². The molecule has 94 valence electrons. The number of ether oxygens (including phenoxy) is 1. The second-order valence-corrected chi connectivity index (χ2v) is 4.61. The molecule has 0 spiro atoms. The van der Waals surface area contributed by atoms with Crippen LogP contribution in [0.25, 0.3) is 0 Å². The molecule has 1 aliphatic heterocycles. The van der Waals surface area contributed by atoms with Crippen molar-refractivity contribution in [1.82, 2.24) is 5.32 Å². The molecule has 0 aromatic heterocycles. The highest BCUT2D eigenvalue weighted by atomic mass is 35.5. The van der Waals surface area contributed by atoms with E-state index in [1.54, 1.807) is 0 Å². The van der Waals surface area contributed by atoms with Crippen molar-refractivity contribution in [2.24, 2.45) is 0 Å². The van der Waals surface area contributed by atoms with Gasteiger partial charge in [0.15, 0.2) is 0 Å². The maximum absolute atomic E-state index is 6.12. The summed E-state index contributed by atoms with van der Waals surface area (Å²) in [6.07, 6.45) is 0.994. The van der Waals surface area contributed by atoms with Gasteiger partial charge in [-0.05, 0) is 18.6 Å². The van der Waals surface area contributed by atoms with Crippen molar-refractivity contribution in [2.75, 3.05) is 37.7 Å². The highest BCUT2D eigenvalue weighted by Crippen LogP contribution is 2.29. The summed E-state index contributed by atoms with van der Waals surface area (Å²) in [4.78, 5) is 2.35. The summed E-state index contributed by atoms with van der Waals surface area (Å²) in [7, 11) is 0. The Hall–Kier alpha value is -0.930. The zero-order chi connectivity index (χ0) is 12.1. The normalized spacial score (nSPS) is 16.0. The molecule has 0 saturated carbocycles. The Labute approximate surface area is 108 Å². The first-order valence-electron chi connectivity index (χ1n) is 6.19. The van der Waals surface area contributed by atoms with E-state index in [1.807, 2.05) is 12.1 Å². The van der Waals surface area contributed by atoms with Crippen molar-refractivity contribution in [3.8, 4) is 5.75 Å². The highest BCUT2D eigenvalue weighted by Gasteiger charge is 2.12. The lowest BCUT2D eigenvalue weighted by Gasteiger charge is -2.29. The summed E-state index contributed by atoms with van der Waals surface area (Å²) >= 11 is 6.12. The predicted molar refractivity (Wildman–Crippen MR) is 72.3 cm³/mol. The van der Waals surface area contributed by atoms with E-state index in [2.05, 4.69) is 23.2 Å². The molecule has 0 atom stereocenters. The van der Waals surface area contributed by atoms with Gasteiger partial charge in [-0.25, -0.2) is 0 Å². The van der Waals surface area contributed by atoms with Crippen LogP contribution in [-0.2, 0) is 0 Å². The molecule has 1 N–H and O–H groups in total. The second-order valence-electron chi connectivity index (χ2n) is 4.20. The number of benzene rings is 1. The van der Waals surface area contributed by atoms with E-state index in [-0.39, 0.29) is 0 Å². The van der Waals surface area contributed by atoms with Gasteiger partial charge in [0.2, 0.25) is 0 Å². The fourth-order valence-corrected chi connectivity index (χ4v) is 2.11. The molecule has 1 aliphatic rings. The third-order valence-electron chi connectivity index (χ3n) is 2.86. The summed E-state index contributed by atoms with van der Waals surface area (Å²) < 4.78 is 5.64. The van der Waals surface area contributed by atoms with Crippen LogP contribution in [0.3, 0.4) is 0 Å². The molecule has 17 heavy (non-hydrogen) atoms. The van der Waals surface area contributed by atoms with Crippen molar-refractivity contribution in [1.29, 1.82) is 0 Å². The number of hydrogen-bond acceptors (Lipinski definition) is 3. The minimum atomic E-state index is 0.692.